The number of hydrogen-bond donors (Lipinski definition) is 4. The molecule has 6 rings (SSSR count). The van der Waals surface area contributed by atoms with Gasteiger partial charge in [0, 0.05) is 48.2 Å². The van der Waals surface area contributed by atoms with Gasteiger partial charge in [-0.05, 0) is 68.1 Å². The van der Waals surface area contributed by atoms with Gasteiger partial charge in [-0.15, -0.1) is 0 Å². The van der Waals surface area contributed by atoms with Crippen LogP contribution in [0.2, 0.25) is 0 Å². The van der Waals surface area contributed by atoms with Gasteiger partial charge >= 0.3 is 0 Å². The first kappa shape index (κ1) is 27.7. The summed E-state index contributed by atoms with van der Waals surface area (Å²) in [5.74, 6) is 0.845. The first-order valence-electron chi connectivity index (χ1n) is 14.5. The fourth-order valence-corrected chi connectivity index (χ4v) is 5.64. The minimum Gasteiger partial charge on any atom is -0.494 e. The number of halogens is 1. The third kappa shape index (κ3) is 5.92. The lowest BCUT2D eigenvalue weighted by Gasteiger charge is -2.31. The largest absolute Gasteiger partial charge is 0.494 e. The summed E-state index contributed by atoms with van der Waals surface area (Å²) in [6.45, 7) is 4.21. The lowest BCUT2D eigenvalue weighted by Crippen LogP contribution is -2.42. The van der Waals surface area contributed by atoms with Crippen molar-refractivity contribution in [3.05, 3.63) is 96.1 Å². The van der Waals surface area contributed by atoms with Crippen molar-refractivity contribution in [1.82, 2.24) is 20.5 Å². The van der Waals surface area contributed by atoms with Gasteiger partial charge in [-0.2, -0.15) is 0 Å². The standard InChI is InChI=1S/C33H37FN6O2/c1-3-41-25-18-27(30(34)29(19-25)42-24-12-15-40(2)16-13-24)31(33-37-20-28(39-33)21-7-5-4-6-8-21)38-23-9-10-26-22(17-23)11-14-36-32(26)35/h4-11,14,17-20,24,31,33,37-39H,3,12-13,15-16H2,1-2H3,(H2,35,36). The first-order chi connectivity index (χ1) is 20.5. The molecule has 3 aromatic carbocycles. The smallest absolute Gasteiger partial charge is 0.170 e. The third-order valence-corrected chi connectivity index (χ3v) is 7.90. The van der Waals surface area contributed by atoms with E-state index >= 15 is 4.39 Å². The summed E-state index contributed by atoms with van der Waals surface area (Å²) in [5.41, 5.74) is 9.31. The minimum absolute atomic E-state index is 0.0551. The summed E-state index contributed by atoms with van der Waals surface area (Å²) in [6.07, 6.45) is 4.88. The van der Waals surface area contributed by atoms with Crippen LogP contribution in [0.3, 0.4) is 0 Å². The molecule has 4 aromatic rings. The van der Waals surface area contributed by atoms with Gasteiger partial charge in [-0.3, -0.25) is 0 Å². The molecule has 1 fully saturated rings. The number of piperidine rings is 1. The van der Waals surface area contributed by atoms with E-state index in [1.54, 1.807) is 18.3 Å². The van der Waals surface area contributed by atoms with Gasteiger partial charge in [0.05, 0.1) is 18.3 Å². The quantitative estimate of drug-likeness (QED) is 0.210. The Morgan fingerprint density at radius 2 is 1.90 bits per heavy atom. The number of nitrogens with zero attached hydrogens (tertiary/aromatic N) is 2. The van der Waals surface area contributed by atoms with E-state index in [-0.39, 0.29) is 18.0 Å². The Morgan fingerprint density at radius 3 is 2.69 bits per heavy atom. The van der Waals surface area contributed by atoms with Gasteiger partial charge < -0.3 is 36.1 Å². The molecule has 218 valence electrons. The predicted molar refractivity (Wildman–Crippen MR) is 166 cm³/mol. The number of pyridine rings is 1. The van der Waals surface area contributed by atoms with Crippen LogP contribution in [0.1, 0.15) is 36.9 Å². The molecule has 2 aliphatic heterocycles. The van der Waals surface area contributed by atoms with E-state index in [1.165, 1.54) is 0 Å². The highest BCUT2D eigenvalue weighted by Gasteiger charge is 2.32. The lowest BCUT2D eigenvalue weighted by atomic mass is 10.0. The van der Waals surface area contributed by atoms with Crippen molar-refractivity contribution >= 4 is 28.0 Å². The van der Waals surface area contributed by atoms with Crippen LogP contribution in [-0.4, -0.2) is 48.9 Å². The third-order valence-electron chi connectivity index (χ3n) is 7.90. The van der Waals surface area contributed by atoms with Gasteiger partial charge in [0.15, 0.2) is 11.6 Å². The number of nitrogen functional groups attached to an aromatic ring is 1. The van der Waals surface area contributed by atoms with Crippen molar-refractivity contribution in [3.8, 4) is 11.5 Å². The molecule has 9 heteroatoms. The zero-order chi connectivity index (χ0) is 29.1. The van der Waals surface area contributed by atoms with Gasteiger partial charge in [-0.25, -0.2) is 9.37 Å². The highest BCUT2D eigenvalue weighted by atomic mass is 19.1. The fraction of sp³-hybridized carbons (Fsp3) is 0.303. The zero-order valence-electron chi connectivity index (χ0n) is 23.9. The molecule has 3 heterocycles. The maximum atomic E-state index is 16.5. The van der Waals surface area contributed by atoms with E-state index in [4.69, 9.17) is 15.2 Å². The number of ether oxygens (including phenoxy) is 2. The molecule has 0 bridgehead atoms. The second kappa shape index (κ2) is 12.2. The molecule has 0 aliphatic carbocycles. The van der Waals surface area contributed by atoms with Gasteiger partial charge in [0.25, 0.3) is 0 Å². The Morgan fingerprint density at radius 1 is 1.10 bits per heavy atom. The average molecular weight is 569 g/mol. The Hall–Kier alpha value is -4.50. The zero-order valence-corrected chi connectivity index (χ0v) is 23.9. The van der Waals surface area contributed by atoms with Crippen LogP contribution in [0.4, 0.5) is 15.9 Å². The molecule has 2 atom stereocenters. The molecule has 42 heavy (non-hydrogen) atoms. The van der Waals surface area contributed by atoms with E-state index in [0.29, 0.717) is 23.7 Å². The molecule has 1 saturated heterocycles. The van der Waals surface area contributed by atoms with Crippen molar-refractivity contribution in [3.63, 3.8) is 0 Å². The first-order valence-corrected chi connectivity index (χ1v) is 14.5. The van der Waals surface area contributed by atoms with Crippen molar-refractivity contribution in [2.24, 2.45) is 0 Å². The van der Waals surface area contributed by atoms with Crippen LogP contribution in [0.25, 0.3) is 16.5 Å². The number of likely N-dealkylation sites (tertiary alicyclic amines) is 1. The van der Waals surface area contributed by atoms with Gasteiger partial charge in [0.2, 0.25) is 0 Å². The molecular weight excluding hydrogens is 531 g/mol. The molecule has 1 aromatic heterocycles. The van der Waals surface area contributed by atoms with Crippen molar-refractivity contribution < 1.29 is 13.9 Å². The number of nitrogens with two attached hydrogens (primary N) is 1. The summed E-state index contributed by atoms with van der Waals surface area (Å²) in [4.78, 5) is 6.46. The maximum absolute atomic E-state index is 16.5. The molecule has 2 aliphatic rings. The van der Waals surface area contributed by atoms with Gasteiger partial charge in [0.1, 0.15) is 23.8 Å². The second-order valence-electron chi connectivity index (χ2n) is 10.8. The van der Waals surface area contributed by atoms with Crippen molar-refractivity contribution in [2.45, 2.75) is 38.1 Å². The number of hydrogen-bond acceptors (Lipinski definition) is 8. The monoisotopic (exact) mass is 568 g/mol. The number of nitrogens with one attached hydrogen (secondary N) is 3. The summed E-state index contributed by atoms with van der Waals surface area (Å²) in [6, 6.07) is 20.7. The number of benzene rings is 3. The highest BCUT2D eigenvalue weighted by molar-refractivity contribution is 5.92. The van der Waals surface area contributed by atoms with Crippen molar-refractivity contribution in [2.75, 3.05) is 37.8 Å². The number of fused-ring (bicyclic) bond motifs is 1. The molecular formula is C33H37FN6O2. The average Bonchev–Trinajstić information content (AvgIpc) is 3.50. The SMILES string of the molecule is CCOc1cc(OC2CCN(C)CC2)c(F)c(C(Nc2ccc3c(N)nccc3c2)C2NC=C(c3ccccc3)N2)c1. The number of aromatic nitrogens is 1. The minimum atomic E-state index is -0.542. The van der Waals surface area contributed by atoms with E-state index in [2.05, 4.69) is 32.9 Å². The molecule has 8 nitrogen and oxygen atoms in total. The Balaban J connectivity index is 1.37. The Labute approximate surface area is 245 Å². The van der Waals surface area contributed by atoms with Crippen LogP contribution < -0.4 is 31.2 Å². The van der Waals surface area contributed by atoms with Crippen molar-refractivity contribution in [1.29, 1.82) is 0 Å². The van der Waals surface area contributed by atoms with E-state index in [0.717, 1.165) is 53.7 Å². The van der Waals surface area contributed by atoms with Crippen LogP contribution in [0.15, 0.2) is 79.1 Å². The summed E-state index contributed by atoms with van der Waals surface area (Å²) >= 11 is 0. The molecule has 0 spiro atoms. The molecule has 0 saturated carbocycles. The van der Waals surface area contributed by atoms with E-state index < -0.39 is 11.9 Å². The van der Waals surface area contributed by atoms with Crippen LogP contribution in [-0.2, 0) is 0 Å². The predicted octanol–water partition coefficient (Wildman–Crippen LogP) is 5.50. The number of anilines is 2. The molecule has 5 N–H and O–H groups in total. The summed E-state index contributed by atoms with van der Waals surface area (Å²) in [7, 11) is 2.10. The Bertz CT molecular complexity index is 1570. The van der Waals surface area contributed by atoms with E-state index in [1.807, 2.05) is 67.7 Å². The summed E-state index contributed by atoms with van der Waals surface area (Å²) < 4.78 is 28.7. The highest BCUT2D eigenvalue weighted by Crippen LogP contribution is 2.37. The van der Waals surface area contributed by atoms with Gasteiger partial charge in [-0.1, -0.05) is 30.3 Å². The lowest BCUT2D eigenvalue weighted by molar-refractivity contribution is 0.109. The van der Waals surface area contributed by atoms with Crippen LogP contribution in [0.5, 0.6) is 11.5 Å². The molecule has 0 amide bonds. The molecule has 0 radical (unpaired) electrons. The van der Waals surface area contributed by atoms with E-state index in [9.17, 15) is 0 Å². The van der Waals surface area contributed by atoms with Crippen LogP contribution in [0, 0.1) is 5.82 Å². The summed E-state index contributed by atoms with van der Waals surface area (Å²) in [5, 5.41) is 12.4. The topological polar surface area (TPSA) is 96.7 Å². The van der Waals surface area contributed by atoms with Crippen LogP contribution >= 0.6 is 0 Å². The maximum Gasteiger partial charge on any atom is 0.170 e. The molecule has 2 unspecified atom stereocenters. The number of rotatable bonds is 9. The Kier molecular flexibility index (Phi) is 8.01. The normalized spacial score (nSPS) is 18.2. The second-order valence-corrected chi connectivity index (χ2v) is 10.8. The fourth-order valence-electron chi connectivity index (χ4n) is 5.64.